The van der Waals surface area contributed by atoms with Gasteiger partial charge in [0.15, 0.2) is 0 Å². The molecular weight excluding hydrogens is 296 g/mol. The number of ether oxygens (including phenoxy) is 1. The quantitative estimate of drug-likeness (QED) is 0.778. The Bertz CT molecular complexity index is 458. The minimum absolute atomic E-state index is 0.0236. The topological polar surface area (TPSA) is 29.5 Å². The van der Waals surface area contributed by atoms with Crippen LogP contribution in [-0.4, -0.2) is 31.0 Å². The highest BCUT2D eigenvalue weighted by Crippen LogP contribution is 2.29. The molecule has 0 saturated heterocycles. The number of alkyl halides is 2. The van der Waals surface area contributed by atoms with E-state index < -0.39 is 6.61 Å². The van der Waals surface area contributed by atoms with Gasteiger partial charge >= 0.3 is 6.61 Å². The molecule has 1 aliphatic rings. The van der Waals surface area contributed by atoms with Gasteiger partial charge in [-0.05, 0) is 23.8 Å². The molecule has 6 heteroatoms. The highest BCUT2D eigenvalue weighted by molar-refractivity contribution is 7.12. The zero-order chi connectivity index (χ0) is 15.2. The van der Waals surface area contributed by atoms with Crippen LogP contribution in [-0.2, 0) is 0 Å². The highest BCUT2D eigenvalue weighted by Gasteiger charge is 2.21. The molecule has 1 aromatic heterocycles. The summed E-state index contributed by atoms with van der Waals surface area (Å²) in [5.74, 6) is 0.426. The number of thiophene rings is 1. The third-order valence-electron chi connectivity index (χ3n) is 3.98. The van der Waals surface area contributed by atoms with Gasteiger partial charge in [-0.3, -0.25) is 4.79 Å². The minimum Gasteiger partial charge on any atom is -0.433 e. The Labute approximate surface area is 127 Å². The normalized spacial score (nSPS) is 16.2. The molecule has 0 unspecified atom stereocenters. The smallest absolute Gasteiger partial charge is 0.387 e. The van der Waals surface area contributed by atoms with Gasteiger partial charge in [0.1, 0.15) is 10.6 Å². The number of hydrogen-bond acceptors (Lipinski definition) is 3. The third kappa shape index (κ3) is 4.66. The van der Waals surface area contributed by atoms with Crippen molar-refractivity contribution in [2.75, 3.05) is 13.6 Å². The lowest BCUT2D eigenvalue weighted by atomic mass is 9.87. The van der Waals surface area contributed by atoms with E-state index in [0.29, 0.717) is 12.5 Å². The second kappa shape index (κ2) is 7.73. The number of amides is 1. The van der Waals surface area contributed by atoms with Crippen molar-refractivity contribution in [3.63, 3.8) is 0 Å². The van der Waals surface area contributed by atoms with Crippen LogP contribution in [0.25, 0.3) is 0 Å². The van der Waals surface area contributed by atoms with Crippen molar-refractivity contribution in [2.24, 2.45) is 5.92 Å². The number of halogens is 2. The van der Waals surface area contributed by atoms with Gasteiger partial charge in [-0.1, -0.05) is 32.1 Å². The summed E-state index contributed by atoms with van der Waals surface area (Å²) in [7, 11) is 1.72. The molecule has 21 heavy (non-hydrogen) atoms. The highest BCUT2D eigenvalue weighted by atomic mass is 32.1. The minimum atomic E-state index is -2.90. The van der Waals surface area contributed by atoms with Crippen molar-refractivity contribution >= 4 is 17.2 Å². The Balaban J connectivity index is 1.88. The maximum atomic E-state index is 12.3. The molecule has 1 saturated carbocycles. The first-order valence-corrected chi connectivity index (χ1v) is 8.23. The SMILES string of the molecule is CN(CCC1CCCCC1)C(=O)c1sccc1OC(F)F. The summed E-state index contributed by atoms with van der Waals surface area (Å²) in [6.45, 7) is -2.24. The van der Waals surface area contributed by atoms with E-state index in [2.05, 4.69) is 4.74 Å². The summed E-state index contributed by atoms with van der Waals surface area (Å²) < 4.78 is 29.0. The molecule has 1 amide bonds. The van der Waals surface area contributed by atoms with Crippen molar-refractivity contribution in [1.82, 2.24) is 4.90 Å². The van der Waals surface area contributed by atoms with Crippen molar-refractivity contribution < 1.29 is 18.3 Å². The lowest BCUT2D eigenvalue weighted by Gasteiger charge is -2.24. The van der Waals surface area contributed by atoms with E-state index in [1.54, 1.807) is 17.3 Å². The number of hydrogen-bond donors (Lipinski definition) is 0. The Hall–Kier alpha value is -1.17. The van der Waals surface area contributed by atoms with Crippen LogP contribution in [0.1, 0.15) is 48.2 Å². The monoisotopic (exact) mass is 317 g/mol. The fourth-order valence-corrected chi connectivity index (χ4v) is 3.59. The predicted molar refractivity (Wildman–Crippen MR) is 79.1 cm³/mol. The molecule has 1 aromatic rings. The Morgan fingerprint density at radius 3 is 2.81 bits per heavy atom. The van der Waals surface area contributed by atoms with Gasteiger partial charge in [0.25, 0.3) is 5.91 Å². The second-order valence-electron chi connectivity index (χ2n) is 5.51. The average Bonchev–Trinajstić information content (AvgIpc) is 2.92. The third-order valence-corrected chi connectivity index (χ3v) is 4.87. The zero-order valence-electron chi connectivity index (χ0n) is 12.2. The molecule has 0 aromatic carbocycles. The van der Waals surface area contributed by atoms with Crippen LogP contribution in [0.2, 0.25) is 0 Å². The maximum absolute atomic E-state index is 12.3. The van der Waals surface area contributed by atoms with E-state index in [1.165, 1.54) is 38.2 Å². The summed E-state index contributed by atoms with van der Waals surface area (Å²) in [5, 5.41) is 1.60. The van der Waals surface area contributed by atoms with E-state index in [1.807, 2.05) is 0 Å². The number of carbonyl (C=O) groups excluding carboxylic acids is 1. The van der Waals surface area contributed by atoms with Gasteiger partial charge in [-0.25, -0.2) is 0 Å². The van der Waals surface area contributed by atoms with Crippen LogP contribution in [0, 0.1) is 5.92 Å². The van der Waals surface area contributed by atoms with Crippen molar-refractivity contribution in [3.05, 3.63) is 16.3 Å². The van der Waals surface area contributed by atoms with E-state index in [9.17, 15) is 13.6 Å². The molecule has 0 aliphatic heterocycles. The summed E-state index contributed by atoms with van der Waals surface area (Å²) in [4.78, 5) is 14.2. The maximum Gasteiger partial charge on any atom is 0.387 e. The Morgan fingerprint density at radius 2 is 2.14 bits per heavy atom. The lowest BCUT2D eigenvalue weighted by molar-refractivity contribution is -0.0499. The molecule has 0 atom stereocenters. The molecule has 0 bridgehead atoms. The number of carbonyl (C=O) groups is 1. The van der Waals surface area contributed by atoms with E-state index in [4.69, 9.17) is 0 Å². The molecule has 1 aliphatic carbocycles. The lowest BCUT2D eigenvalue weighted by Crippen LogP contribution is -2.29. The van der Waals surface area contributed by atoms with Crippen LogP contribution in [0.3, 0.4) is 0 Å². The molecule has 118 valence electrons. The fourth-order valence-electron chi connectivity index (χ4n) is 2.77. The number of rotatable bonds is 6. The van der Waals surface area contributed by atoms with Crippen molar-refractivity contribution in [3.8, 4) is 5.75 Å². The molecule has 0 N–H and O–H groups in total. The van der Waals surface area contributed by atoms with Gasteiger partial charge < -0.3 is 9.64 Å². The summed E-state index contributed by atoms with van der Waals surface area (Å²) >= 11 is 1.14. The first-order valence-electron chi connectivity index (χ1n) is 7.35. The van der Waals surface area contributed by atoms with E-state index in [0.717, 1.165) is 17.8 Å². The van der Waals surface area contributed by atoms with E-state index >= 15 is 0 Å². The molecule has 0 spiro atoms. The van der Waals surface area contributed by atoms with Gasteiger partial charge in [-0.15, -0.1) is 11.3 Å². The molecule has 3 nitrogen and oxygen atoms in total. The van der Waals surface area contributed by atoms with Crippen LogP contribution in [0.4, 0.5) is 8.78 Å². The van der Waals surface area contributed by atoms with Crippen LogP contribution >= 0.6 is 11.3 Å². The van der Waals surface area contributed by atoms with Gasteiger partial charge in [-0.2, -0.15) is 8.78 Å². The summed E-state index contributed by atoms with van der Waals surface area (Å²) in [6.07, 6.45) is 7.33. The second-order valence-corrected chi connectivity index (χ2v) is 6.43. The first-order chi connectivity index (χ1) is 10.1. The summed E-state index contributed by atoms with van der Waals surface area (Å²) in [5.41, 5.74) is 0. The van der Waals surface area contributed by atoms with Crippen molar-refractivity contribution in [1.29, 1.82) is 0 Å². The zero-order valence-corrected chi connectivity index (χ0v) is 13.0. The van der Waals surface area contributed by atoms with Crippen LogP contribution < -0.4 is 4.74 Å². The van der Waals surface area contributed by atoms with Crippen molar-refractivity contribution in [2.45, 2.75) is 45.1 Å². The summed E-state index contributed by atoms with van der Waals surface area (Å²) in [6, 6.07) is 1.42. The molecule has 0 radical (unpaired) electrons. The molecule has 2 rings (SSSR count). The molecular formula is C15H21F2NO2S. The number of nitrogens with zero attached hydrogens (tertiary/aromatic N) is 1. The van der Waals surface area contributed by atoms with Gasteiger partial charge in [0, 0.05) is 13.6 Å². The van der Waals surface area contributed by atoms with Gasteiger partial charge in [0.05, 0.1) is 0 Å². The standard InChI is InChI=1S/C15H21F2NO2S/c1-18(9-7-11-5-3-2-4-6-11)14(19)13-12(8-10-21-13)20-15(16)17/h8,10-11,15H,2-7,9H2,1H3. The molecule has 1 fully saturated rings. The Kier molecular flexibility index (Phi) is 5.96. The fraction of sp³-hybridized carbons (Fsp3) is 0.667. The van der Waals surface area contributed by atoms with E-state index in [-0.39, 0.29) is 16.5 Å². The first kappa shape index (κ1) is 16.2. The Morgan fingerprint density at radius 1 is 1.43 bits per heavy atom. The average molecular weight is 317 g/mol. The predicted octanol–water partition coefficient (Wildman–Crippen LogP) is 4.39. The largest absolute Gasteiger partial charge is 0.433 e. The van der Waals surface area contributed by atoms with Crippen LogP contribution in [0.5, 0.6) is 5.75 Å². The van der Waals surface area contributed by atoms with Gasteiger partial charge in [0.2, 0.25) is 0 Å². The van der Waals surface area contributed by atoms with Crippen LogP contribution in [0.15, 0.2) is 11.4 Å². The molecule has 1 heterocycles.